The van der Waals surface area contributed by atoms with Crippen LogP contribution in [0, 0.1) is 0 Å². The molecule has 0 aliphatic rings. The molecule has 0 fully saturated rings. The zero-order valence-corrected chi connectivity index (χ0v) is 8.01. The topological polar surface area (TPSA) is 41.1 Å². The van der Waals surface area contributed by atoms with Crippen LogP contribution in [0.15, 0.2) is 24.3 Å². The van der Waals surface area contributed by atoms with Crippen LogP contribution in [0.4, 0.5) is 15.8 Å². The van der Waals surface area contributed by atoms with Gasteiger partial charge in [-0.15, -0.1) is 0 Å². The highest BCUT2D eigenvalue weighted by Crippen LogP contribution is 2.12. The van der Waals surface area contributed by atoms with E-state index in [1.165, 1.54) is 6.92 Å². The van der Waals surface area contributed by atoms with Gasteiger partial charge < -0.3 is 10.6 Å². The van der Waals surface area contributed by atoms with Gasteiger partial charge >= 0.3 is 0 Å². The number of halogens is 1. The van der Waals surface area contributed by atoms with Crippen LogP contribution in [-0.2, 0) is 4.79 Å². The van der Waals surface area contributed by atoms with Crippen molar-refractivity contribution >= 4 is 17.3 Å². The molecular formula is C10H13FN2O. The van der Waals surface area contributed by atoms with Crippen LogP contribution < -0.4 is 10.6 Å². The van der Waals surface area contributed by atoms with Crippen molar-refractivity contribution in [2.24, 2.45) is 0 Å². The monoisotopic (exact) mass is 196 g/mol. The summed E-state index contributed by atoms with van der Waals surface area (Å²) >= 11 is 0. The molecule has 0 heterocycles. The van der Waals surface area contributed by atoms with E-state index in [9.17, 15) is 9.18 Å². The van der Waals surface area contributed by atoms with E-state index in [1.54, 1.807) is 24.3 Å². The molecule has 4 heteroatoms. The molecule has 0 saturated carbocycles. The summed E-state index contributed by atoms with van der Waals surface area (Å²) in [5.41, 5.74) is 1.58. The van der Waals surface area contributed by atoms with Gasteiger partial charge in [0, 0.05) is 24.8 Å². The second-order valence-electron chi connectivity index (χ2n) is 2.87. The zero-order chi connectivity index (χ0) is 10.4. The van der Waals surface area contributed by atoms with E-state index in [1.807, 2.05) is 0 Å². The second kappa shape index (κ2) is 5.21. The van der Waals surface area contributed by atoms with Gasteiger partial charge in [-0.05, 0) is 24.3 Å². The second-order valence-corrected chi connectivity index (χ2v) is 2.87. The van der Waals surface area contributed by atoms with Crippen molar-refractivity contribution in [2.75, 3.05) is 23.9 Å². The lowest BCUT2D eigenvalue weighted by atomic mass is 10.3. The molecule has 14 heavy (non-hydrogen) atoms. The van der Waals surface area contributed by atoms with Crippen molar-refractivity contribution in [3.63, 3.8) is 0 Å². The summed E-state index contributed by atoms with van der Waals surface area (Å²) in [6.45, 7) is 1.36. The van der Waals surface area contributed by atoms with Crippen molar-refractivity contribution in [1.82, 2.24) is 0 Å². The van der Waals surface area contributed by atoms with Crippen LogP contribution in [0.2, 0.25) is 0 Å². The van der Waals surface area contributed by atoms with Crippen LogP contribution in [0.3, 0.4) is 0 Å². The molecule has 0 saturated heterocycles. The maximum absolute atomic E-state index is 11.8. The van der Waals surface area contributed by atoms with Gasteiger partial charge in [-0.25, -0.2) is 4.39 Å². The van der Waals surface area contributed by atoms with Crippen molar-refractivity contribution < 1.29 is 9.18 Å². The molecule has 0 bridgehead atoms. The van der Waals surface area contributed by atoms with Gasteiger partial charge in [0.05, 0.1) is 0 Å². The molecular weight excluding hydrogens is 183 g/mol. The normalized spacial score (nSPS) is 9.57. The lowest BCUT2D eigenvalue weighted by molar-refractivity contribution is -0.114. The number of alkyl halides is 1. The molecule has 3 nitrogen and oxygen atoms in total. The molecule has 0 spiro atoms. The van der Waals surface area contributed by atoms with Gasteiger partial charge in [0.15, 0.2) is 0 Å². The van der Waals surface area contributed by atoms with E-state index in [0.717, 1.165) is 11.4 Å². The summed E-state index contributed by atoms with van der Waals surface area (Å²) in [5, 5.41) is 5.53. The summed E-state index contributed by atoms with van der Waals surface area (Å²) in [6.07, 6.45) is 0. The number of hydrogen-bond donors (Lipinski definition) is 2. The highest BCUT2D eigenvalue weighted by Gasteiger charge is 1.95. The summed E-state index contributed by atoms with van der Waals surface area (Å²) in [7, 11) is 0. The Morgan fingerprint density at radius 1 is 1.29 bits per heavy atom. The summed E-state index contributed by atoms with van der Waals surface area (Å²) in [4.78, 5) is 10.7. The smallest absolute Gasteiger partial charge is 0.221 e. The Kier molecular flexibility index (Phi) is 3.91. The Morgan fingerprint density at radius 3 is 2.36 bits per heavy atom. The average molecular weight is 196 g/mol. The molecule has 0 atom stereocenters. The van der Waals surface area contributed by atoms with Gasteiger partial charge in [0.25, 0.3) is 0 Å². The molecule has 76 valence electrons. The number of amides is 1. The van der Waals surface area contributed by atoms with E-state index in [-0.39, 0.29) is 5.91 Å². The van der Waals surface area contributed by atoms with Crippen LogP contribution in [0.25, 0.3) is 0 Å². The summed E-state index contributed by atoms with van der Waals surface area (Å²) < 4.78 is 11.8. The SMILES string of the molecule is CC(=O)Nc1ccc(NCCF)cc1. The lowest BCUT2D eigenvalue weighted by Crippen LogP contribution is -2.06. The Balaban J connectivity index is 2.54. The standard InChI is InChI=1S/C10H13FN2O/c1-8(14)13-10-4-2-9(3-5-10)12-7-6-11/h2-5,12H,6-7H2,1H3,(H,13,14). The molecule has 0 aliphatic carbocycles. The number of hydrogen-bond acceptors (Lipinski definition) is 2. The highest BCUT2D eigenvalue weighted by atomic mass is 19.1. The fourth-order valence-corrected chi connectivity index (χ4v) is 1.07. The molecule has 0 aliphatic heterocycles. The first-order valence-corrected chi connectivity index (χ1v) is 4.40. The Labute approximate surface area is 82.3 Å². The first-order valence-electron chi connectivity index (χ1n) is 4.40. The zero-order valence-electron chi connectivity index (χ0n) is 8.01. The highest BCUT2D eigenvalue weighted by molar-refractivity contribution is 5.88. The van der Waals surface area contributed by atoms with Gasteiger partial charge in [0.2, 0.25) is 5.91 Å². The van der Waals surface area contributed by atoms with Gasteiger partial charge in [-0.1, -0.05) is 0 Å². The van der Waals surface area contributed by atoms with Crippen LogP contribution in [0.5, 0.6) is 0 Å². The predicted molar refractivity (Wildman–Crippen MR) is 55.2 cm³/mol. The summed E-state index contributed by atoms with van der Waals surface area (Å²) in [5.74, 6) is -0.102. The van der Waals surface area contributed by atoms with Crippen molar-refractivity contribution in [2.45, 2.75) is 6.92 Å². The maximum Gasteiger partial charge on any atom is 0.221 e. The van der Waals surface area contributed by atoms with E-state index < -0.39 is 6.67 Å². The minimum absolute atomic E-state index is 0.102. The number of benzene rings is 1. The van der Waals surface area contributed by atoms with E-state index in [2.05, 4.69) is 10.6 Å². The minimum atomic E-state index is -0.395. The predicted octanol–water partition coefficient (Wildman–Crippen LogP) is 2.03. The molecule has 1 amide bonds. The fraction of sp³-hybridized carbons (Fsp3) is 0.300. The van der Waals surface area contributed by atoms with Gasteiger partial charge in [-0.3, -0.25) is 4.79 Å². The Bertz CT molecular complexity index is 297. The number of carbonyl (C=O) groups is 1. The van der Waals surface area contributed by atoms with Crippen molar-refractivity contribution in [3.8, 4) is 0 Å². The molecule has 0 unspecified atom stereocenters. The molecule has 0 radical (unpaired) electrons. The van der Waals surface area contributed by atoms with Crippen molar-refractivity contribution in [1.29, 1.82) is 0 Å². The first kappa shape index (κ1) is 10.5. The van der Waals surface area contributed by atoms with Crippen LogP contribution >= 0.6 is 0 Å². The molecule has 1 aromatic carbocycles. The minimum Gasteiger partial charge on any atom is -0.382 e. The van der Waals surface area contributed by atoms with Gasteiger partial charge in [-0.2, -0.15) is 0 Å². The van der Waals surface area contributed by atoms with Crippen LogP contribution in [0.1, 0.15) is 6.92 Å². The van der Waals surface area contributed by atoms with E-state index in [0.29, 0.717) is 6.54 Å². The maximum atomic E-state index is 11.8. The molecule has 1 aromatic rings. The Hall–Kier alpha value is -1.58. The largest absolute Gasteiger partial charge is 0.382 e. The van der Waals surface area contributed by atoms with Crippen LogP contribution in [-0.4, -0.2) is 19.1 Å². The van der Waals surface area contributed by atoms with E-state index >= 15 is 0 Å². The fourth-order valence-electron chi connectivity index (χ4n) is 1.07. The van der Waals surface area contributed by atoms with E-state index in [4.69, 9.17) is 0 Å². The number of rotatable bonds is 4. The third-order valence-electron chi connectivity index (χ3n) is 1.63. The Morgan fingerprint density at radius 2 is 1.86 bits per heavy atom. The lowest BCUT2D eigenvalue weighted by Gasteiger charge is -2.05. The number of anilines is 2. The number of carbonyl (C=O) groups excluding carboxylic acids is 1. The third-order valence-corrected chi connectivity index (χ3v) is 1.63. The molecule has 2 N–H and O–H groups in total. The van der Waals surface area contributed by atoms with Gasteiger partial charge in [0.1, 0.15) is 6.67 Å². The molecule has 0 aromatic heterocycles. The quantitative estimate of drug-likeness (QED) is 0.773. The third kappa shape index (κ3) is 3.43. The molecule has 1 rings (SSSR count). The number of nitrogens with one attached hydrogen (secondary N) is 2. The first-order chi connectivity index (χ1) is 6.72. The average Bonchev–Trinajstić information content (AvgIpc) is 2.16. The van der Waals surface area contributed by atoms with Crippen molar-refractivity contribution in [3.05, 3.63) is 24.3 Å². The summed E-state index contributed by atoms with van der Waals surface area (Å²) in [6, 6.07) is 7.12.